The number of benzene rings is 1. The Hall–Kier alpha value is -1.85. The maximum atomic E-state index is 12.2. The van der Waals surface area contributed by atoms with Crippen molar-refractivity contribution in [2.45, 2.75) is 11.8 Å². The standard InChI is InChI=1S/C15H12N2OS2/c1-9-6-13(11-4-2-3-5-12(11)16-9)17-15(18)14-7-10(19)8-20-14/h2-8,19H,1H3,(H,16,17,18). The number of carbonyl (C=O) groups is 1. The largest absolute Gasteiger partial charge is 0.321 e. The molecule has 0 aliphatic carbocycles. The molecule has 3 rings (SSSR count). The van der Waals surface area contributed by atoms with Gasteiger partial charge >= 0.3 is 0 Å². The lowest BCUT2D eigenvalue weighted by molar-refractivity contribution is 0.103. The number of rotatable bonds is 2. The summed E-state index contributed by atoms with van der Waals surface area (Å²) in [7, 11) is 0. The third-order valence-electron chi connectivity index (χ3n) is 2.90. The predicted octanol–water partition coefficient (Wildman–Crippen LogP) is 4.15. The molecule has 0 aliphatic rings. The Labute approximate surface area is 126 Å². The van der Waals surface area contributed by atoms with Crippen LogP contribution in [-0.2, 0) is 0 Å². The van der Waals surface area contributed by atoms with E-state index in [1.54, 1.807) is 6.07 Å². The number of thiophene rings is 1. The van der Waals surface area contributed by atoms with E-state index in [-0.39, 0.29) is 5.91 Å². The second-order valence-corrected chi connectivity index (χ2v) is 5.88. The highest BCUT2D eigenvalue weighted by molar-refractivity contribution is 7.80. The lowest BCUT2D eigenvalue weighted by Gasteiger charge is -2.08. The third-order valence-corrected chi connectivity index (χ3v) is 4.26. The SMILES string of the molecule is Cc1cc(NC(=O)c2cc(S)cs2)c2ccccc2n1. The molecule has 0 spiro atoms. The van der Waals surface area contributed by atoms with Crippen molar-refractivity contribution >= 4 is 46.5 Å². The number of nitrogens with zero attached hydrogens (tertiary/aromatic N) is 1. The van der Waals surface area contributed by atoms with Crippen LogP contribution < -0.4 is 5.32 Å². The van der Waals surface area contributed by atoms with Crippen LogP contribution in [0.15, 0.2) is 46.7 Å². The summed E-state index contributed by atoms with van der Waals surface area (Å²) in [6.45, 7) is 1.92. The minimum absolute atomic E-state index is 0.119. The van der Waals surface area contributed by atoms with Crippen LogP contribution in [0.2, 0.25) is 0 Å². The van der Waals surface area contributed by atoms with Gasteiger partial charge in [-0.2, -0.15) is 0 Å². The summed E-state index contributed by atoms with van der Waals surface area (Å²) in [5, 5.41) is 5.73. The summed E-state index contributed by atoms with van der Waals surface area (Å²) in [6.07, 6.45) is 0. The smallest absolute Gasteiger partial charge is 0.265 e. The number of hydrogen-bond donors (Lipinski definition) is 2. The molecule has 1 N–H and O–H groups in total. The van der Waals surface area contributed by atoms with E-state index in [4.69, 9.17) is 0 Å². The third kappa shape index (κ3) is 2.55. The molecule has 0 atom stereocenters. The quantitative estimate of drug-likeness (QED) is 0.698. The second kappa shape index (κ2) is 5.26. The molecule has 3 nitrogen and oxygen atoms in total. The second-order valence-electron chi connectivity index (χ2n) is 4.45. The highest BCUT2D eigenvalue weighted by Gasteiger charge is 2.11. The summed E-state index contributed by atoms with van der Waals surface area (Å²) >= 11 is 5.60. The van der Waals surface area contributed by atoms with Gasteiger partial charge in [0.1, 0.15) is 0 Å². The van der Waals surface area contributed by atoms with Gasteiger partial charge in [0.15, 0.2) is 0 Å². The van der Waals surface area contributed by atoms with Crippen LogP contribution in [0.3, 0.4) is 0 Å². The van der Waals surface area contributed by atoms with E-state index in [1.807, 2.05) is 42.6 Å². The molecule has 0 bridgehead atoms. The maximum Gasteiger partial charge on any atom is 0.265 e. The zero-order valence-corrected chi connectivity index (χ0v) is 12.5. The number of aromatic nitrogens is 1. The Morgan fingerprint density at radius 2 is 2.10 bits per heavy atom. The minimum atomic E-state index is -0.119. The number of nitrogens with one attached hydrogen (secondary N) is 1. The van der Waals surface area contributed by atoms with Crippen molar-refractivity contribution in [3.8, 4) is 0 Å². The molecule has 0 saturated carbocycles. The maximum absolute atomic E-state index is 12.2. The van der Waals surface area contributed by atoms with E-state index < -0.39 is 0 Å². The average molecular weight is 300 g/mol. The molecule has 0 radical (unpaired) electrons. The highest BCUT2D eigenvalue weighted by atomic mass is 32.1. The predicted molar refractivity (Wildman–Crippen MR) is 86.0 cm³/mol. The summed E-state index contributed by atoms with van der Waals surface area (Å²) in [5.74, 6) is -0.119. The van der Waals surface area contributed by atoms with Gasteiger partial charge in [0, 0.05) is 21.4 Å². The van der Waals surface area contributed by atoms with Gasteiger partial charge in [0.25, 0.3) is 5.91 Å². The number of carbonyl (C=O) groups excluding carboxylic acids is 1. The molecule has 2 heterocycles. The van der Waals surface area contributed by atoms with Gasteiger partial charge in [-0.3, -0.25) is 9.78 Å². The van der Waals surface area contributed by atoms with Gasteiger partial charge in [0.2, 0.25) is 0 Å². The van der Waals surface area contributed by atoms with E-state index in [0.29, 0.717) is 4.88 Å². The van der Waals surface area contributed by atoms with E-state index in [1.165, 1.54) is 11.3 Å². The first-order chi connectivity index (χ1) is 9.63. The molecule has 20 heavy (non-hydrogen) atoms. The first kappa shape index (κ1) is 13.1. The number of fused-ring (bicyclic) bond motifs is 1. The summed E-state index contributed by atoms with van der Waals surface area (Å²) in [5.41, 5.74) is 2.54. The summed E-state index contributed by atoms with van der Waals surface area (Å²) in [6, 6.07) is 11.4. The Balaban J connectivity index is 2.00. The molecule has 3 aromatic rings. The van der Waals surface area contributed by atoms with Crippen molar-refractivity contribution in [2.75, 3.05) is 5.32 Å². The molecule has 5 heteroatoms. The van der Waals surface area contributed by atoms with Crippen molar-refractivity contribution in [1.82, 2.24) is 4.98 Å². The van der Waals surface area contributed by atoms with Crippen LogP contribution in [0.25, 0.3) is 10.9 Å². The van der Waals surface area contributed by atoms with Crippen molar-refractivity contribution < 1.29 is 4.79 Å². The Morgan fingerprint density at radius 1 is 1.30 bits per heavy atom. The van der Waals surface area contributed by atoms with Gasteiger partial charge in [-0.25, -0.2) is 0 Å². The lowest BCUT2D eigenvalue weighted by atomic mass is 10.1. The number of thiol groups is 1. The molecule has 1 amide bonds. The van der Waals surface area contributed by atoms with Crippen LogP contribution in [0.1, 0.15) is 15.4 Å². The van der Waals surface area contributed by atoms with Crippen LogP contribution in [0.5, 0.6) is 0 Å². The zero-order valence-electron chi connectivity index (χ0n) is 10.8. The number of anilines is 1. The number of amides is 1. The summed E-state index contributed by atoms with van der Waals surface area (Å²) < 4.78 is 0. The average Bonchev–Trinajstić information content (AvgIpc) is 2.85. The van der Waals surface area contributed by atoms with E-state index in [2.05, 4.69) is 22.9 Å². The molecule has 0 saturated heterocycles. The molecular formula is C15H12N2OS2. The topological polar surface area (TPSA) is 42.0 Å². The van der Waals surface area contributed by atoms with Gasteiger partial charge in [0.05, 0.1) is 16.1 Å². The fourth-order valence-corrected chi connectivity index (χ4v) is 3.08. The fraction of sp³-hybridized carbons (Fsp3) is 0.0667. The first-order valence-electron chi connectivity index (χ1n) is 6.09. The van der Waals surface area contributed by atoms with Crippen LogP contribution in [-0.4, -0.2) is 10.9 Å². The van der Waals surface area contributed by atoms with Crippen LogP contribution in [0.4, 0.5) is 5.69 Å². The Bertz CT molecular complexity index is 795. The van der Waals surface area contributed by atoms with Gasteiger partial charge in [-0.1, -0.05) is 18.2 Å². The van der Waals surface area contributed by atoms with Gasteiger partial charge in [-0.15, -0.1) is 24.0 Å². The monoisotopic (exact) mass is 300 g/mol. The van der Waals surface area contributed by atoms with E-state index in [9.17, 15) is 4.79 Å². The van der Waals surface area contributed by atoms with Crippen molar-refractivity contribution in [1.29, 1.82) is 0 Å². The molecule has 100 valence electrons. The van der Waals surface area contributed by atoms with Crippen molar-refractivity contribution in [3.63, 3.8) is 0 Å². The van der Waals surface area contributed by atoms with Crippen molar-refractivity contribution in [2.24, 2.45) is 0 Å². The molecular weight excluding hydrogens is 288 g/mol. The van der Waals surface area contributed by atoms with Crippen molar-refractivity contribution in [3.05, 3.63) is 52.3 Å². The molecule has 0 aliphatic heterocycles. The zero-order chi connectivity index (χ0) is 14.1. The molecule has 2 aromatic heterocycles. The molecule has 0 unspecified atom stereocenters. The minimum Gasteiger partial charge on any atom is -0.321 e. The van der Waals surface area contributed by atoms with E-state index >= 15 is 0 Å². The summed E-state index contributed by atoms with van der Waals surface area (Å²) in [4.78, 5) is 18.1. The highest BCUT2D eigenvalue weighted by Crippen LogP contribution is 2.25. The van der Waals surface area contributed by atoms with Crippen LogP contribution in [0, 0.1) is 6.92 Å². The van der Waals surface area contributed by atoms with Gasteiger partial charge in [-0.05, 0) is 25.1 Å². The fourth-order valence-electron chi connectivity index (χ4n) is 2.04. The van der Waals surface area contributed by atoms with Gasteiger partial charge < -0.3 is 5.32 Å². The number of hydrogen-bond acceptors (Lipinski definition) is 4. The molecule has 0 fully saturated rings. The lowest BCUT2D eigenvalue weighted by Crippen LogP contribution is -2.11. The Kier molecular flexibility index (Phi) is 3.46. The van der Waals surface area contributed by atoms with Crippen LogP contribution >= 0.6 is 24.0 Å². The number of para-hydroxylation sites is 1. The number of aryl methyl sites for hydroxylation is 1. The first-order valence-corrected chi connectivity index (χ1v) is 7.41. The van der Waals surface area contributed by atoms with E-state index in [0.717, 1.165) is 27.2 Å². The Morgan fingerprint density at radius 3 is 2.85 bits per heavy atom. The molecule has 1 aromatic carbocycles. The normalized spacial score (nSPS) is 10.7. The number of pyridine rings is 1.